The molecule has 2 heteroatoms. The Balaban J connectivity index is 2.68. The van der Waals surface area contributed by atoms with Crippen LogP contribution >= 0.6 is 0 Å². The van der Waals surface area contributed by atoms with Crippen LogP contribution in [0.4, 0.5) is 0 Å². The molecule has 1 aliphatic rings. The Labute approximate surface area is 98.6 Å². The molecule has 0 N–H and O–H groups in total. The third-order valence-electron chi connectivity index (χ3n) is 3.07. The molecule has 0 amide bonds. The van der Waals surface area contributed by atoms with E-state index in [2.05, 4.69) is 40.0 Å². The van der Waals surface area contributed by atoms with Crippen LogP contribution < -0.4 is 0 Å². The summed E-state index contributed by atoms with van der Waals surface area (Å²) >= 11 is 0. The van der Waals surface area contributed by atoms with Crippen molar-refractivity contribution in [3.63, 3.8) is 0 Å². The lowest BCUT2D eigenvalue weighted by atomic mass is 9.90. The molecule has 1 heterocycles. The molecule has 1 aliphatic heterocycles. The minimum Gasteiger partial charge on any atom is -0.352 e. The van der Waals surface area contributed by atoms with Gasteiger partial charge in [0.1, 0.15) is 0 Å². The zero-order valence-electron chi connectivity index (χ0n) is 10.8. The molecular weight excluding hydrogens is 200 g/mol. The Morgan fingerprint density at radius 1 is 1.50 bits per heavy atom. The average molecular weight is 222 g/mol. The van der Waals surface area contributed by atoms with Crippen molar-refractivity contribution in [3.05, 3.63) is 36.0 Å². The fourth-order valence-corrected chi connectivity index (χ4v) is 1.90. The number of methoxy groups -OCH3 is 1. The number of ether oxygens (including phenoxy) is 2. The van der Waals surface area contributed by atoms with Gasteiger partial charge in [-0.05, 0) is 39.2 Å². The Morgan fingerprint density at radius 3 is 2.56 bits per heavy atom. The summed E-state index contributed by atoms with van der Waals surface area (Å²) in [5.41, 5.74) is 2.82. The van der Waals surface area contributed by atoms with Crippen molar-refractivity contribution in [3.8, 4) is 0 Å². The number of rotatable bonds is 4. The number of hydrogen-bond acceptors (Lipinski definition) is 2. The molecular formula is C14H22O2. The fourth-order valence-electron chi connectivity index (χ4n) is 1.90. The van der Waals surface area contributed by atoms with Crippen molar-refractivity contribution in [2.45, 2.75) is 45.5 Å². The molecule has 0 radical (unpaired) electrons. The first-order valence-electron chi connectivity index (χ1n) is 5.63. The molecule has 0 spiro atoms. The maximum atomic E-state index is 5.85. The predicted octanol–water partition coefficient (Wildman–Crippen LogP) is 3.61. The molecule has 0 aromatic rings. The van der Waals surface area contributed by atoms with E-state index in [1.165, 1.54) is 5.57 Å². The van der Waals surface area contributed by atoms with Crippen molar-refractivity contribution >= 4 is 0 Å². The van der Waals surface area contributed by atoms with Crippen molar-refractivity contribution in [1.29, 1.82) is 0 Å². The Hall–Kier alpha value is -0.860. The molecule has 0 aromatic heterocycles. The highest BCUT2D eigenvalue weighted by Crippen LogP contribution is 2.41. The van der Waals surface area contributed by atoms with Gasteiger partial charge >= 0.3 is 0 Å². The van der Waals surface area contributed by atoms with E-state index in [1.54, 1.807) is 7.11 Å². The first kappa shape index (κ1) is 13.2. The highest BCUT2D eigenvalue weighted by atomic mass is 16.7. The molecule has 0 aliphatic carbocycles. The van der Waals surface area contributed by atoms with E-state index < -0.39 is 0 Å². The second-order valence-electron chi connectivity index (χ2n) is 4.74. The smallest absolute Gasteiger partial charge is 0.184 e. The zero-order valence-corrected chi connectivity index (χ0v) is 10.8. The van der Waals surface area contributed by atoms with Gasteiger partial charge in [0.25, 0.3) is 0 Å². The van der Waals surface area contributed by atoms with E-state index in [4.69, 9.17) is 9.47 Å². The van der Waals surface area contributed by atoms with Gasteiger partial charge in [0.15, 0.2) is 6.29 Å². The topological polar surface area (TPSA) is 18.5 Å². The molecule has 2 nitrogen and oxygen atoms in total. The second-order valence-corrected chi connectivity index (χ2v) is 4.74. The van der Waals surface area contributed by atoms with Crippen molar-refractivity contribution < 1.29 is 9.47 Å². The third-order valence-corrected chi connectivity index (χ3v) is 3.07. The first-order chi connectivity index (χ1) is 7.40. The van der Waals surface area contributed by atoms with Gasteiger partial charge in [-0.15, -0.1) is 0 Å². The van der Waals surface area contributed by atoms with Crippen LogP contribution in [0.2, 0.25) is 0 Å². The summed E-state index contributed by atoms with van der Waals surface area (Å²) in [6.45, 7) is 14.3. The van der Waals surface area contributed by atoms with Gasteiger partial charge < -0.3 is 9.47 Å². The Morgan fingerprint density at radius 2 is 2.12 bits per heavy atom. The van der Waals surface area contributed by atoms with Gasteiger partial charge in [-0.1, -0.05) is 24.8 Å². The number of hydrogen-bond donors (Lipinski definition) is 0. The molecule has 0 saturated carbocycles. The molecule has 1 rings (SSSR count). The lowest BCUT2D eigenvalue weighted by molar-refractivity contribution is -0.134. The van der Waals surface area contributed by atoms with Gasteiger partial charge in [-0.2, -0.15) is 0 Å². The summed E-state index contributed by atoms with van der Waals surface area (Å²) < 4.78 is 11.1. The van der Waals surface area contributed by atoms with Gasteiger partial charge in [0.05, 0.1) is 5.60 Å². The van der Waals surface area contributed by atoms with E-state index in [9.17, 15) is 0 Å². The molecule has 1 saturated heterocycles. The largest absolute Gasteiger partial charge is 0.352 e. The standard InChI is InChI=1S/C14H22O2/c1-10(2)8-7-9-14(5)12(4)11(3)13(15-6)16-14/h8,13H,3-4,7,9H2,1-2,5-6H3/t13?,14-/m0/s1. The maximum absolute atomic E-state index is 5.85. The van der Waals surface area contributed by atoms with Crippen LogP contribution in [0.1, 0.15) is 33.6 Å². The molecule has 0 aromatic carbocycles. The fraction of sp³-hybridized carbons (Fsp3) is 0.571. The molecule has 16 heavy (non-hydrogen) atoms. The molecule has 90 valence electrons. The SMILES string of the molecule is C=C1C(=C)[C@](C)(CCC=C(C)C)OC1OC. The van der Waals surface area contributed by atoms with E-state index >= 15 is 0 Å². The summed E-state index contributed by atoms with van der Waals surface area (Å²) in [6, 6.07) is 0. The van der Waals surface area contributed by atoms with Crippen molar-refractivity contribution in [2.75, 3.05) is 7.11 Å². The van der Waals surface area contributed by atoms with Crippen LogP contribution in [0.15, 0.2) is 36.0 Å². The lowest BCUT2D eigenvalue weighted by Crippen LogP contribution is -2.26. The molecule has 1 fully saturated rings. The van der Waals surface area contributed by atoms with Crippen LogP contribution in [0.5, 0.6) is 0 Å². The summed E-state index contributed by atoms with van der Waals surface area (Å²) in [6.07, 6.45) is 3.78. The van der Waals surface area contributed by atoms with Gasteiger partial charge in [-0.3, -0.25) is 0 Å². The minimum absolute atomic E-state index is 0.329. The van der Waals surface area contributed by atoms with Crippen LogP contribution in [0, 0.1) is 0 Å². The predicted molar refractivity (Wildman–Crippen MR) is 67.2 cm³/mol. The van der Waals surface area contributed by atoms with Crippen molar-refractivity contribution in [1.82, 2.24) is 0 Å². The van der Waals surface area contributed by atoms with Gasteiger partial charge in [-0.25, -0.2) is 0 Å². The van der Waals surface area contributed by atoms with Gasteiger partial charge in [0, 0.05) is 12.7 Å². The summed E-state index contributed by atoms with van der Waals surface area (Å²) in [7, 11) is 1.63. The molecule has 2 atom stereocenters. The van der Waals surface area contributed by atoms with E-state index in [0.717, 1.165) is 24.0 Å². The van der Waals surface area contributed by atoms with Crippen LogP contribution in [0.3, 0.4) is 0 Å². The summed E-state index contributed by atoms with van der Waals surface area (Å²) in [5, 5.41) is 0. The maximum Gasteiger partial charge on any atom is 0.184 e. The zero-order chi connectivity index (χ0) is 12.3. The molecule has 0 bridgehead atoms. The normalized spacial score (nSPS) is 29.6. The minimum atomic E-state index is -0.330. The lowest BCUT2D eigenvalue weighted by Gasteiger charge is -2.24. The molecule has 1 unspecified atom stereocenters. The summed E-state index contributed by atoms with van der Waals surface area (Å²) in [5.74, 6) is 0. The van der Waals surface area contributed by atoms with Crippen molar-refractivity contribution in [2.24, 2.45) is 0 Å². The third kappa shape index (κ3) is 2.63. The van der Waals surface area contributed by atoms with E-state index in [0.29, 0.717) is 0 Å². The van der Waals surface area contributed by atoms with Crippen LogP contribution in [-0.2, 0) is 9.47 Å². The van der Waals surface area contributed by atoms with E-state index in [-0.39, 0.29) is 11.9 Å². The monoisotopic (exact) mass is 222 g/mol. The Bertz CT molecular complexity index is 324. The Kier molecular flexibility index (Phi) is 4.11. The summed E-state index contributed by atoms with van der Waals surface area (Å²) in [4.78, 5) is 0. The van der Waals surface area contributed by atoms with Crippen LogP contribution in [-0.4, -0.2) is 19.0 Å². The van der Waals surface area contributed by atoms with Crippen LogP contribution in [0.25, 0.3) is 0 Å². The second kappa shape index (κ2) is 4.98. The quantitative estimate of drug-likeness (QED) is 0.676. The average Bonchev–Trinajstić information content (AvgIpc) is 2.43. The number of allylic oxidation sites excluding steroid dienone is 2. The first-order valence-corrected chi connectivity index (χ1v) is 5.63. The highest BCUT2D eigenvalue weighted by molar-refractivity contribution is 5.39. The van der Waals surface area contributed by atoms with Gasteiger partial charge in [0.2, 0.25) is 0 Å². The van der Waals surface area contributed by atoms with E-state index in [1.807, 2.05) is 0 Å². The highest BCUT2D eigenvalue weighted by Gasteiger charge is 2.41.